The number of benzene rings is 1. The van der Waals surface area contributed by atoms with Crippen LogP contribution in [0.3, 0.4) is 0 Å². The highest BCUT2D eigenvalue weighted by Crippen LogP contribution is 2.26. The van der Waals surface area contributed by atoms with E-state index >= 15 is 0 Å². The fraction of sp³-hybridized carbons (Fsp3) is 0.500. The number of carbonyl (C=O) groups excluding carboxylic acids is 1. The Morgan fingerprint density at radius 3 is 2.29 bits per heavy atom. The molecule has 0 radical (unpaired) electrons. The maximum atomic E-state index is 12.3. The molecular weight excluding hydrogens is 290 g/mol. The minimum Gasteiger partial charge on any atom is -0.481 e. The van der Waals surface area contributed by atoms with E-state index in [1.165, 1.54) is 0 Å². The molecule has 0 aliphatic heterocycles. The second-order valence-corrected chi connectivity index (χ2v) is 6.18. The van der Waals surface area contributed by atoms with Crippen molar-refractivity contribution in [1.29, 1.82) is 0 Å². The van der Waals surface area contributed by atoms with Crippen molar-refractivity contribution >= 4 is 23.5 Å². The quantitative estimate of drug-likeness (QED) is 0.900. The Labute approximate surface area is 129 Å². The number of amides is 1. The fourth-order valence-corrected chi connectivity index (χ4v) is 3.01. The summed E-state index contributed by atoms with van der Waals surface area (Å²) in [6, 6.07) is 3.63. The van der Waals surface area contributed by atoms with Gasteiger partial charge >= 0.3 is 5.97 Å². The summed E-state index contributed by atoms with van der Waals surface area (Å²) in [7, 11) is 0. The first-order chi connectivity index (χ1) is 9.88. The lowest BCUT2D eigenvalue weighted by atomic mass is 9.86. The maximum absolute atomic E-state index is 12.3. The van der Waals surface area contributed by atoms with Crippen LogP contribution in [-0.4, -0.2) is 23.0 Å². The van der Waals surface area contributed by atoms with Crippen molar-refractivity contribution in [2.75, 3.05) is 0 Å². The van der Waals surface area contributed by atoms with E-state index < -0.39 is 5.97 Å². The van der Waals surface area contributed by atoms with Gasteiger partial charge in [0.1, 0.15) is 0 Å². The zero-order chi connectivity index (χ0) is 15.6. The van der Waals surface area contributed by atoms with Crippen LogP contribution in [0.5, 0.6) is 0 Å². The summed E-state index contributed by atoms with van der Waals surface area (Å²) in [5, 5.41) is 12.4. The van der Waals surface area contributed by atoms with Gasteiger partial charge in [-0.2, -0.15) is 0 Å². The van der Waals surface area contributed by atoms with Crippen LogP contribution >= 0.6 is 11.6 Å². The van der Waals surface area contributed by atoms with Crippen molar-refractivity contribution < 1.29 is 14.7 Å². The molecule has 5 heteroatoms. The lowest BCUT2D eigenvalue weighted by Crippen LogP contribution is -2.38. The van der Waals surface area contributed by atoms with Gasteiger partial charge in [-0.05, 0) is 62.8 Å². The predicted octanol–water partition coefficient (Wildman–Crippen LogP) is 3.33. The van der Waals surface area contributed by atoms with E-state index in [1.54, 1.807) is 12.1 Å². The van der Waals surface area contributed by atoms with Crippen LogP contribution in [0.2, 0.25) is 5.02 Å². The lowest BCUT2D eigenvalue weighted by Gasteiger charge is -2.27. The number of rotatable bonds is 3. The Bertz CT molecular complexity index is 563. The number of carboxylic acids is 1. The molecule has 0 heterocycles. The molecule has 1 aromatic carbocycles. The van der Waals surface area contributed by atoms with Gasteiger partial charge < -0.3 is 10.4 Å². The van der Waals surface area contributed by atoms with E-state index in [1.807, 2.05) is 13.8 Å². The van der Waals surface area contributed by atoms with E-state index in [4.69, 9.17) is 16.7 Å². The van der Waals surface area contributed by atoms with Gasteiger partial charge in [0.15, 0.2) is 0 Å². The molecule has 1 aromatic rings. The number of nitrogens with one attached hydrogen (secondary N) is 1. The summed E-state index contributed by atoms with van der Waals surface area (Å²) in [4.78, 5) is 23.2. The Morgan fingerprint density at radius 2 is 1.71 bits per heavy atom. The Kier molecular flexibility index (Phi) is 4.88. The van der Waals surface area contributed by atoms with Gasteiger partial charge in [0, 0.05) is 6.04 Å². The van der Waals surface area contributed by atoms with Crippen LogP contribution in [0.1, 0.15) is 47.2 Å². The van der Waals surface area contributed by atoms with Crippen molar-refractivity contribution in [2.45, 2.75) is 45.6 Å². The molecule has 1 aliphatic rings. The number of hydrogen-bond donors (Lipinski definition) is 2. The molecule has 0 saturated heterocycles. The number of aliphatic carboxylic acids is 1. The summed E-state index contributed by atoms with van der Waals surface area (Å²) in [6.07, 6.45) is 2.62. The number of hydrogen-bond acceptors (Lipinski definition) is 2. The second kappa shape index (κ2) is 6.48. The highest BCUT2D eigenvalue weighted by Gasteiger charge is 2.27. The zero-order valence-corrected chi connectivity index (χ0v) is 13.0. The van der Waals surface area contributed by atoms with Gasteiger partial charge in [0.2, 0.25) is 0 Å². The van der Waals surface area contributed by atoms with Gasteiger partial charge in [-0.25, -0.2) is 0 Å². The molecule has 0 atom stereocenters. The van der Waals surface area contributed by atoms with Crippen molar-refractivity contribution in [3.05, 3.63) is 33.8 Å². The lowest BCUT2D eigenvalue weighted by molar-refractivity contribution is -0.142. The number of carbonyl (C=O) groups is 2. The molecule has 1 fully saturated rings. The molecular formula is C16H20ClNO3. The van der Waals surface area contributed by atoms with Crippen molar-refractivity contribution in [1.82, 2.24) is 5.32 Å². The first-order valence-corrected chi connectivity index (χ1v) is 7.56. The second-order valence-electron chi connectivity index (χ2n) is 5.78. The topological polar surface area (TPSA) is 66.4 Å². The van der Waals surface area contributed by atoms with E-state index in [-0.39, 0.29) is 17.9 Å². The fourth-order valence-electron chi connectivity index (χ4n) is 2.70. The average Bonchev–Trinajstić information content (AvgIpc) is 2.43. The monoisotopic (exact) mass is 309 g/mol. The van der Waals surface area contributed by atoms with Crippen LogP contribution in [0.15, 0.2) is 12.1 Å². The molecule has 0 unspecified atom stereocenters. The highest BCUT2D eigenvalue weighted by atomic mass is 35.5. The summed E-state index contributed by atoms with van der Waals surface area (Å²) in [5.41, 5.74) is 2.57. The van der Waals surface area contributed by atoms with Crippen LogP contribution < -0.4 is 5.32 Å². The molecule has 2 rings (SSSR count). The molecule has 114 valence electrons. The van der Waals surface area contributed by atoms with Gasteiger partial charge in [-0.15, -0.1) is 0 Å². The van der Waals surface area contributed by atoms with E-state index in [0.717, 1.165) is 11.1 Å². The molecule has 1 aliphatic carbocycles. The molecule has 21 heavy (non-hydrogen) atoms. The standard InChI is InChI=1S/C16H20ClNO3/c1-9-7-13(14(17)8-10(9)2)15(19)18-12-5-3-11(4-6-12)16(20)21/h7-8,11-12H,3-6H2,1-2H3,(H,18,19)(H,20,21). The van der Waals surface area contributed by atoms with Crippen LogP contribution in [0, 0.1) is 19.8 Å². The largest absolute Gasteiger partial charge is 0.481 e. The Hall–Kier alpha value is -1.55. The van der Waals surface area contributed by atoms with Gasteiger partial charge in [-0.1, -0.05) is 11.6 Å². The normalized spacial score (nSPS) is 21.9. The van der Waals surface area contributed by atoms with Gasteiger partial charge in [-0.3, -0.25) is 9.59 Å². The molecule has 1 amide bonds. The van der Waals surface area contributed by atoms with E-state index in [0.29, 0.717) is 36.3 Å². The third-order valence-corrected chi connectivity index (χ3v) is 4.55. The van der Waals surface area contributed by atoms with E-state index in [9.17, 15) is 9.59 Å². The van der Waals surface area contributed by atoms with Crippen LogP contribution in [-0.2, 0) is 4.79 Å². The third kappa shape index (κ3) is 3.76. The number of halogens is 1. The summed E-state index contributed by atoms with van der Waals surface area (Å²) >= 11 is 6.14. The molecule has 0 spiro atoms. The SMILES string of the molecule is Cc1cc(Cl)c(C(=O)NC2CCC(C(=O)O)CC2)cc1C. The zero-order valence-electron chi connectivity index (χ0n) is 12.3. The first-order valence-electron chi connectivity index (χ1n) is 7.19. The minimum absolute atomic E-state index is 0.0331. The van der Waals surface area contributed by atoms with Gasteiger partial charge in [0.05, 0.1) is 16.5 Å². The third-order valence-electron chi connectivity index (χ3n) is 4.24. The van der Waals surface area contributed by atoms with Crippen LogP contribution in [0.25, 0.3) is 0 Å². The summed E-state index contributed by atoms with van der Waals surface area (Å²) < 4.78 is 0. The van der Waals surface area contributed by atoms with Crippen molar-refractivity contribution in [2.24, 2.45) is 5.92 Å². The maximum Gasteiger partial charge on any atom is 0.306 e. The van der Waals surface area contributed by atoms with Crippen molar-refractivity contribution in [3.63, 3.8) is 0 Å². The highest BCUT2D eigenvalue weighted by molar-refractivity contribution is 6.34. The summed E-state index contributed by atoms with van der Waals surface area (Å²) in [5.74, 6) is -1.19. The number of carboxylic acid groups (broad SMARTS) is 1. The smallest absolute Gasteiger partial charge is 0.306 e. The predicted molar refractivity (Wildman–Crippen MR) is 81.8 cm³/mol. The summed E-state index contributed by atoms with van der Waals surface area (Å²) in [6.45, 7) is 3.90. The van der Waals surface area contributed by atoms with Gasteiger partial charge in [0.25, 0.3) is 5.91 Å². The Morgan fingerprint density at radius 1 is 1.14 bits per heavy atom. The molecule has 4 nitrogen and oxygen atoms in total. The average molecular weight is 310 g/mol. The number of aryl methyl sites for hydroxylation is 2. The first kappa shape index (κ1) is 15.8. The molecule has 0 aromatic heterocycles. The minimum atomic E-state index is -0.739. The molecule has 2 N–H and O–H groups in total. The van der Waals surface area contributed by atoms with Crippen LogP contribution in [0.4, 0.5) is 0 Å². The van der Waals surface area contributed by atoms with Crippen molar-refractivity contribution in [3.8, 4) is 0 Å². The molecule has 1 saturated carbocycles. The Balaban J connectivity index is 2.00. The van der Waals surface area contributed by atoms with E-state index in [2.05, 4.69) is 5.32 Å². The molecule has 0 bridgehead atoms.